The van der Waals surface area contributed by atoms with Gasteiger partial charge in [0, 0.05) is 6.08 Å². The highest BCUT2D eigenvalue weighted by molar-refractivity contribution is 6.20. The minimum atomic E-state index is -0.669. The zero-order chi connectivity index (χ0) is 14.4. The Morgan fingerprint density at radius 3 is 2.32 bits per heavy atom. The molecule has 0 aliphatic rings. The largest absolute Gasteiger partial charge is 0.462 e. The molecule has 0 saturated heterocycles. The zero-order valence-electron chi connectivity index (χ0n) is 11.5. The van der Waals surface area contributed by atoms with Crippen LogP contribution in [0.15, 0.2) is 30.3 Å². The summed E-state index contributed by atoms with van der Waals surface area (Å²) in [4.78, 5) is 23.0. The van der Waals surface area contributed by atoms with Gasteiger partial charge in [0.1, 0.15) is 0 Å². The summed E-state index contributed by atoms with van der Waals surface area (Å²) in [5, 5.41) is 0. The van der Waals surface area contributed by atoms with E-state index in [9.17, 15) is 9.59 Å². The van der Waals surface area contributed by atoms with E-state index in [4.69, 9.17) is 10.5 Å². The Kier molecular flexibility index (Phi) is 5.30. The lowest BCUT2D eigenvalue weighted by Crippen LogP contribution is -2.15. The van der Waals surface area contributed by atoms with Gasteiger partial charge in [0.05, 0.1) is 12.2 Å². The standard InChI is InChI=1S/C15H19NO3/c1-10(2)9-19-15(18)13(8-14(16)17)12-6-4-11(3)5-7-12/h4-8,10H,9H2,1-3H3,(H2,16,17)/b13-8-. The van der Waals surface area contributed by atoms with Crippen LogP contribution in [-0.2, 0) is 14.3 Å². The van der Waals surface area contributed by atoms with E-state index in [-0.39, 0.29) is 11.5 Å². The summed E-state index contributed by atoms with van der Waals surface area (Å²) in [5.41, 5.74) is 7.01. The Morgan fingerprint density at radius 1 is 1.26 bits per heavy atom. The molecule has 1 aromatic rings. The molecule has 0 aliphatic heterocycles. The van der Waals surface area contributed by atoms with E-state index in [0.29, 0.717) is 12.2 Å². The molecule has 0 aromatic heterocycles. The molecule has 0 radical (unpaired) electrons. The molecule has 0 unspecified atom stereocenters. The predicted octanol–water partition coefficient (Wildman–Crippen LogP) is 2.06. The molecule has 4 nitrogen and oxygen atoms in total. The number of carbonyl (C=O) groups excluding carboxylic acids is 2. The predicted molar refractivity (Wildman–Crippen MR) is 74.1 cm³/mol. The van der Waals surface area contributed by atoms with Crippen LogP contribution in [0, 0.1) is 12.8 Å². The first kappa shape index (κ1) is 15.0. The number of esters is 1. The molecular weight excluding hydrogens is 242 g/mol. The maximum Gasteiger partial charge on any atom is 0.338 e. The number of amides is 1. The topological polar surface area (TPSA) is 69.4 Å². The van der Waals surface area contributed by atoms with Crippen LogP contribution < -0.4 is 5.73 Å². The van der Waals surface area contributed by atoms with Crippen molar-refractivity contribution in [1.82, 2.24) is 0 Å². The minimum absolute atomic E-state index is 0.188. The summed E-state index contributed by atoms with van der Waals surface area (Å²) in [7, 11) is 0. The van der Waals surface area contributed by atoms with E-state index >= 15 is 0 Å². The lowest BCUT2D eigenvalue weighted by molar-refractivity contribution is -0.137. The van der Waals surface area contributed by atoms with Crippen LogP contribution in [0.4, 0.5) is 0 Å². The number of nitrogens with two attached hydrogens (primary N) is 1. The summed E-state index contributed by atoms with van der Waals surface area (Å²) in [6, 6.07) is 7.25. The van der Waals surface area contributed by atoms with Gasteiger partial charge in [-0.05, 0) is 18.4 Å². The maximum absolute atomic E-state index is 12.0. The van der Waals surface area contributed by atoms with E-state index in [0.717, 1.165) is 11.6 Å². The SMILES string of the molecule is Cc1ccc(/C(=C/C(N)=O)C(=O)OCC(C)C)cc1. The van der Waals surface area contributed by atoms with E-state index in [2.05, 4.69) is 0 Å². The van der Waals surface area contributed by atoms with Gasteiger partial charge in [-0.2, -0.15) is 0 Å². The molecule has 19 heavy (non-hydrogen) atoms. The van der Waals surface area contributed by atoms with Crippen LogP contribution in [0.2, 0.25) is 0 Å². The Hall–Kier alpha value is -2.10. The van der Waals surface area contributed by atoms with Crippen molar-refractivity contribution in [3.8, 4) is 0 Å². The number of aryl methyl sites for hydroxylation is 1. The van der Waals surface area contributed by atoms with Crippen molar-refractivity contribution in [2.75, 3.05) is 6.61 Å². The Bertz CT molecular complexity index is 487. The number of benzene rings is 1. The van der Waals surface area contributed by atoms with E-state index in [1.807, 2.05) is 32.9 Å². The smallest absolute Gasteiger partial charge is 0.338 e. The van der Waals surface area contributed by atoms with E-state index < -0.39 is 11.9 Å². The average Bonchev–Trinajstić information content (AvgIpc) is 2.34. The first-order valence-corrected chi connectivity index (χ1v) is 6.15. The minimum Gasteiger partial charge on any atom is -0.462 e. The number of ether oxygens (including phenoxy) is 1. The van der Waals surface area contributed by atoms with Crippen LogP contribution in [0.25, 0.3) is 5.57 Å². The van der Waals surface area contributed by atoms with Gasteiger partial charge >= 0.3 is 5.97 Å². The highest BCUT2D eigenvalue weighted by Gasteiger charge is 2.15. The van der Waals surface area contributed by atoms with Crippen LogP contribution in [-0.4, -0.2) is 18.5 Å². The fourth-order valence-electron chi connectivity index (χ4n) is 1.46. The van der Waals surface area contributed by atoms with Crippen LogP contribution in [0.3, 0.4) is 0 Å². The second kappa shape index (κ2) is 6.73. The molecule has 4 heteroatoms. The number of primary amides is 1. The highest BCUT2D eigenvalue weighted by Crippen LogP contribution is 2.17. The quantitative estimate of drug-likeness (QED) is 0.651. The molecule has 102 valence electrons. The third-order valence-corrected chi connectivity index (χ3v) is 2.42. The molecule has 1 amide bonds. The van der Waals surface area contributed by atoms with Crippen LogP contribution >= 0.6 is 0 Å². The van der Waals surface area contributed by atoms with Crippen LogP contribution in [0.5, 0.6) is 0 Å². The summed E-state index contributed by atoms with van der Waals surface area (Å²) in [6.07, 6.45) is 1.10. The summed E-state index contributed by atoms with van der Waals surface area (Å²) in [6.45, 7) is 6.13. The third kappa shape index (κ3) is 4.95. The van der Waals surface area contributed by atoms with Gasteiger partial charge in [-0.1, -0.05) is 43.7 Å². The Labute approximate surface area is 113 Å². The molecule has 1 rings (SSSR count). The fraction of sp³-hybridized carbons (Fsp3) is 0.333. The molecule has 0 atom stereocenters. The van der Waals surface area contributed by atoms with E-state index in [1.165, 1.54) is 0 Å². The number of hydrogen-bond donors (Lipinski definition) is 1. The maximum atomic E-state index is 12.0. The highest BCUT2D eigenvalue weighted by atomic mass is 16.5. The van der Waals surface area contributed by atoms with Crippen molar-refractivity contribution in [1.29, 1.82) is 0 Å². The molecule has 0 fully saturated rings. The van der Waals surface area contributed by atoms with Crippen molar-refractivity contribution < 1.29 is 14.3 Å². The number of hydrogen-bond acceptors (Lipinski definition) is 3. The second-order valence-electron chi connectivity index (χ2n) is 4.82. The van der Waals surface area contributed by atoms with Crippen molar-refractivity contribution in [2.45, 2.75) is 20.8 Å². The first-order chi connectivity index (χ1) is 8.90. The van der Waals surface area contributed by atoms with Crippen molar-refractivity contribution in [3.05, 3.63) is 41.5 Å². The van der Waals surface area contributed by atoms with Gasteiger partial charge in [-0.25, -0.2) is 4.79 Å². The zero-order valence-corrected chi connectivity index (χ0v) is 11.5. The second-order valence-corrected chi connectivity index (χ2v) is 4.82. The normalized spacial score (nSPS) is 11.5. The van der Waals surface area contributed by atoms with Gasteiger partial charge in [0.15, 0.2) is 0 Å². The van der Waals surface area contributed by atoms with Crippen LogP contribution in [0.1, 0.15) is 25.0 Å². The molecule has 1 aromatic carbocycles. The van der Waals surface area contributed by atoms with Gasteiger partial charge in [0.2, 0.25) is 5.91 Å². The van der Waals surface area contributed by atoms with Crippen molar-refractivity contribution in [2.24, 2.45) is 11.7 Å². The monoisotopic (exact) mass is 261 g/mol. The van der Waals surface area contributed by atoms with Gasteiger partial charge in [-0.3, -0.25) is 4.79 Å². The first-order valence-electron chi connectivity index (χ1n) is 6.15. The lowest BCUT2D eigenvalue weighted by atomic mass is 10.0. The molecular formula is C15H19NO3. The summed E-state index contributed by atoms with van der Waals surface area (Å²) >= 11 is 0. The molecule has 0 saturated carbocycles. The van der Waals surface area contributed by atoms with Crippen molar-refractivity contribution >= 4 is 17.4 Å². The summed E-state index contributed by atoms with van der Waals surface area (Å²) in [5.74, 6) is -0.967. The summed E-state index contributed by atoms with van der Waals surface area (Å²) < 4.78 is 5.14. The van der Waals surface area contributed by atoms with Gasteiger partial charge in [0.25, 0.3) is 0 Å². The average molecular weight is 261 g/mol. The number of rotatable bonds is 5. The molecule has 0 aliphatic carbocycles. The number of carbonyl (C=O) groups is 2. The Balaban J connectivity index is 2.99. The molecule has 0 heterocycles. The Morgan fingerprint density at radius 2 is 1.84 bits per heavy atom. The fourth-order valence-corrected chi connectivity index (χ4v) is 1.46. The van der Waals surface area contributed by atoms with Gasteiger partial charge < -0.3 is 10.5 Å². The van der Waals surface area contributed by atoms with Gasteiger partial charge in [-0.15, -0.1) is 0 Å². The van der Waals surface area contributed by atoms with E-state index in [1.54, 1.807) is 12.1 Å². The third-order valence-electron chi connectivity index (χ3n) is 2.42. The molecule has 0 bridgehead atoms. The lowest BCUT2D eigenvalue weighted by Gasteiger charge is -2.10. The molecule has 2 N–H and O–H groups in total. The van der Waals surface area contributed by atoms with Crippen molar-refractivity contribution in [3.63, 3.8) is 0 Å². The molecule has 0 spiro atoms.